The van der Waals surface area contributed by atoms with Crippen molar-refractivity contribution in [2.24, 2.45) is 0 Å². The van der Waals surface area contributed by atoms with Crippen LogP contribution in [0.3, 0.4) is 0 Å². The molecule has 0 atom stereocenters. The molecule has 2 aromatic heterocycles. The molecule has 4 aromatic rings. The van der Waals surface area contributed by atoms with E-state index in [4.69, 9.17) is 0 Å². The van der Waals surface area contributed by atoms with Crippen molar-refractivity contribution in [2.75, 3.05) is 4.72 Å². The summed E-state index contributed by atoms with van der Waals surface area (Å²) >= 11 is 1.48. The SMILES string of the molecule is O=S(=O)(Nc1cccc(-c2cn3ccsc3n2)c1)c1cc(F)ccc1F. The fourth-order valence-corrected chi connectivity index (χ4v) is 4.34. The normalized spacial score (nSPS) is 11.8. The molecule has 2 heterocycles. The lowest BCUT2D eigenvalue weighted by Gasteiger charge is -2.10. The maximum Gasteiger partial charge on any atom is 0.264 e. The molecule has 0 aliphatic rings. The number of benzene rings is 2. The highest BCUT2D eigenvalue weighted by molar-refractivity contribution is 7.92. The molecule has 2 aromatic carbocycles. The van der Waals surface area contributed by atoms with Gasteiger partial charge in [0.25, 0.3) is 10.0 Å². The van der Waals surface area contributed by atoms with E-state index in [9.17, 15) is 17.2 Å². The largest absolute Gasteiger partial charge is 0.297 e. The minimum absolute atomic E-state index is 0.225. The third-order valence-corrected chi connectivity index (χ3v) is 5.85. The van der Waals surface area contributed by atoms with E-state index in [0.717, 1.165) is 17.1 Å². The van der Waals surface area contributed by atoms with E-state index < -0.39 is 26.6 Å². The number of thiazole rings is 1. The van der Waals surface area contributed by atoms with Crippen LogP contribution in [0.15, 0.2) is 65.1 Å². The Morgan fingerprint density at radius 2 is 1.96 bits per heavy atom. The van der Waals surface area contributed by atoms with E-state index in [-0.39, 0.29) is 5.69 Å². The predicted molar refractivity (Wildman–Crippen MR) is 95.7 cm³/mol. The average molecular weight is 391 g/mol. The Hall–Kier alpha value is -2.78. The van der Waals surface area contributed by atoms with Crippen molar-refractivity contribution in [1.82, 2.24) is 9.38 Å². The molecule has 0 aliphatic carbocycles. The van der Waals surface area contributed by atoms with Gasteiger partial charge >= 0.3 is 0 Å². The number of nitrogens with zero attached hydrogens (tertiary/aromatic N) is 2. The van der Waals surface area contributed by atoms with Gasteiger partial charge < -0.3 is 0 Å². The van der Waals surface area contributed by atoms with Crippen LogP contribution in [0.25, 0.3) is 16.2 Å². The summed E-state index contributed by atoms with van der Waals surface area (Å²) in [7, 11) is -4.27. The molecule has 4 rings (SSSR count). The summed E-state index contributed by atoms with van der Waals surface area (Å²) in [6.07, 6.45) is 3.70. The van der Waals surface area contributed by atoms with Crippen LogP contribution < -0.4 is 4.72 Å². The number of rotatable bonds is 4. The van der Waals surface area contributed by atoms with Gasteiger partial charge in [0.2, 0.25) is 0 Å². The maximum absolute atomic E-state index is 13.8. The number of aromatic nitrogens is 2. The number of fused-ring (bicyclic) bond motifs is 1. The highest BCUT2D eigenvalue weighted by Crippen LogP contribution is 2.26. The molecule has 0 bridgehead atoms. The van der Waals surface area contributed by atoms with Crippen molar-refractivity contribution in [3.8, 4) is 11.3 Å². The molecule has 9 heteroatoms. The van der Waals surface area contributed by atoms with Crippen LogP contribution in [0.4, 0.5) is 14.5 Å². The molecule has 0 fully saturated rings. The first-order valence-corrected chi connectivity index (χ1v) is 9.79. The molecule has 132 valence electrons. The summed E-state index contributed by atoms with van der Waals surface area (Å²) in [5.74, 6) is -1.86. The minimum Gasteiger partial charge on any atom is -0.297 e. The van der Waals surface area contributed by atoms with Crippen LogP contribution in [-0.4, -0.2) is 17.8 Å². The third-order valence-electron chi connectivity index (χ3n) is 3.69. The van der Waals surface area contributed by atoms with Crippen molar-refractivity contribution in [1.29, 1.82) is 0 Å². The van der Waals surface area contributed by atoms with Crippen molar-refractivity contribution >= 4 is 32.0 Å². The molecular weight excluding hydrogens is 380 g/mol. The molecule has 0 amide bonds. The second kappa shape index (κ2) is 6.19. The zero-order valence-electron chi connectivity index (χ0n) is 13.1. The average Bonchev–Trinajstić information content (AvgIpc) is 3.18. The smallest absolute Gasteiger partial charge is 0.264 e. The number of halogens is 2. The summed E-state index contributed by atoms with van der Waals surface area (Å²) < 4.78 is 56.0. The van der Waals surface area contributed by atoms with E-state index in [1.54, 1.807) is 18.2 Å². The highest BCUT2D eigenvalue weighted by atomic mass is 32.2. The first kappa shape index (κ1) is 16.7. The van der Waals surface area contributed by atoms with Gasteiger partial charge in [-0.15, -0.1) is 11.3 Å². The van der Waals surface area contributed by atoms with Gasteiger partial charge in [-0.2, -0.15) is 0 Å². The van der Waals surface area contributed by atoms with E-state index in [1.807, 2.05) is 22.2 Å². The van der Waals surface area contributed by atoms with Crippen molar-refractivity contribution < 1.29 is 17.2 Å². The van der Waals surface area contributed by atoms with Crippen LogP contribution in [0.2, 0.25) is 0 Å². The summed E-state index contributed by atoms with van der Waals surface area (Å²) in [5.41, 5.74) is 1.60. The molecule has 0 saturated heterocycles. The lowest BCUT2D eigenvalue weighted by Crippen LogP contribution is -2.15. The lowest BCUT2D eigenvalue weighted by molar-refractivity contribution is 0.555. The van der Waals surface area contributed by atoms with Crippen LogP contribution in [0.1, 0.15) is 0 Å². The Balaban J connectivity index is 1.68. The molecule has 0 aliphatic heterocycles. The highest BCUT2D eigenvalue weighted by Gasteiger charge is 2.20. The topological polar surface area (TPSA) is 63.5 Å². The second-order valence-corrected chi connectivity index (χ2v) is 8.00. The van der Waals surface area contributed by atoms with E-state index >= 15 is 0 Å². The first-order valence-electron chi connectivity index (χ1n) is 7.43. The Bertz CT molecular complexity index is 1190. The standard InChI is InChI=1S/C17H11F2N3O2S2/c18-12-4-5-14(19)16(9-12)26(23,24)21-13-3-1-2-11(8-13)15-10-22-6-7-25-17(22)20-15/h1-10,21H. The molecular formula is C17H11F2N3O2S2. The van der Waals surface area contributed by atoms with Gasteiger partial charge in [-0.3, -0.25) is 9.12 Å². The number of nitrogens with one attached hydrogen (secondary N) is 1. The molecule has 26 heavy (non-hydrogen) atoms. The summed E-state index contributed by atoms with van der Waals surface area (Å²) in [5, 5.41) is 1.91. The molecule has 0 unspecified atom stereocenters. The van der Waals surface area contributed by atoms with Gasteiger partial charge in [0.05, 0.1) is 5.69 Å². The van der Waals surface area contributed by atoms with Crippen molar-refractivity contribution in [3.63, 3.8) is 0 Å². The summed E-state index contributed by atoms with van der Waals surface area (Å²) in [4.78, 5) is 4.53. The van der Waals surface area contributed by atoms with Gasteiger partial charge in [-0.1, -0.05) is 12.1 Å². The minimum atomic E-state index is -4.27. The van der Waals surface area contributed by atoms with E-state index in [1.165, 1.54) is 17.4 Å². The number of sulfonamides is 1. The number of hydrogen-bond donors (Lipinski definition) is 1. The molecule has 0 radical (unpaired) electrons. The maximum atomic E-state index is 13.8. The molecule has 0 saturated carbocycles. The number of anilines is 1. The first-order chi connectivity index (χ1) is 12.4. The monoisotopic (exact) mass is 391 g/mol. The van der Waals surface area contributed by atoms with Gasteiger partial charge in [-0.25, -0.2) is 22.2 Å². The van der Waals surface area contributed by atoms with Crippen molar-refractivity contribution in [3.05, 3.63) is 71.9 Å². The Labute approximate surface area is 151 Å². The number of imidazole rings is 1. The fraction of sp³-hybridized carbons (Fsp3) is 0. The number of hydrogen-bond acceptors (Lipinski definition) is 4. The molecule has 5 nitrogen and oxygen atoms in total. The predicted octanol–water partition coefficient (Wildman–Crippen LogP) is 4.14. The lowest BCUT2D eigenvalue weighted by atomic mass is 10.1. The van der Waals surface area contributed by atoms with Crippen LogP contribution in [0.5, 0.6) is 0 Å². The third kappa shape index (κ3) is 3.06. The van der Waals surface area contributed by atoms with Gasteiger partial charge in [-0.05, 0) is 30.3 Å². The van der Waals surface area contributed by atoms with Gasteiger partial charge in [0.15, 0.2) is 4.96 Å². The molecule has 0 spiro atoms. The Morgan fingerprint density at radius 3 is 2.77 bits per heavy atom. The Kier molecular flexibility index (Phi) is 3.97. The Morgan fingerprint density at radius 1 is 1.12 bits per heavy atom. The molecule has 1 N–H and O–H groups in total. The van der Waals surface area contributed by atoms with Gasteiger partial charge in [0.1, 0.15) is 16.5 Å². The van der Waals surface area contributed by atoms with Crippen LogP contribution in [-0.2, 0) is 10.0 Å². The van der Waals surface area contributed by atoms with Gasteiger partial charge in [0, 0.05) is 29.0 Å². The van der Waals surface area contributed by atoms with Crippen LogP contribution in [0, 0.1) is 11.6 Å². The van der Waals surface area contributed by atoms with Crippen molar-refractivity contribution in [2.45, 2.75) is 4.90 Å². The zero-order valence-corrected chi connectivity index (χ0v) is 14.7. The fourth-order valence-electron chi connectivity index (χ4n) is 2.50. The summed E-state index contributed by atoms with van der Waals surface area (Å²) in [6, 6.07) is 8.83. The van der Waals surface area contributed by atoms with E-state index in [0.29, 0.717) is 17.3 Å². The summed E-state index contributed by atoms with van der Waals surface area (Å²) in [6.45, 7) is 0. The quantitative estimate of drug-likeness (QED) is 0.569. The second-order valence-electron chi connectivity index (χ2n) is 5.48. The van der Waals surface area contributed by atoms with Crippen LogP contribution >= 0.6 is 11.3 Å². The van der Waals surface area contributed by atoms with E-state index in [2.05, 4.69) is 9.71 Å². The zero-order chi connectivity index (χ0) is 18.3.